The van der Waals surface area contributed by atoms with E-state index >= 15 is 0 Å². The number of benzene rings is 1. The monoisotopic (exact) mass is 262 g/mol. The molecule has 1 aromatic carbocycles. The molecule has 2 heteroatoms. The zero-order valence-corrected chi connectivity index (χ0v) is 12.6. The second-order valence-corrected chi connectivity index (χ2v) is 5.97. The molecule has 0 fully saturated rings. The number of Topliss-reactive ketones (excluding diaryl/α,β-unsaturated/α-hetero) is 1. The van der Waals surface area contributed by atoms with Gasteiger partial charge >= 0.3 is 0 Å². The molecule has 0 spiro atoms. The van der Waals surface area contributed by atoms with Crippen molar-refractivity contribution in [2.75, 3.05) is 0 Å². The van der Waals surface area contributed by atoms with Gasteiger partial charge in [0.1, 0.15) is 11.5 Å². The summed E-state index contributed by atoms with van der Waals surface area (Å²) >= 11 is 0. The van der Waals surface area contributed by atoms with Gasteiger partial charge in [0, 0.05) is 11.3 Å². The molecule has 0 aliphatic heterocycles. The summed E-state index contributed by atoms with van der Waals surface area (Å²) < 4.78 is 0. The molecule has 0 aromatic heterocycles. The summed E-state index contributed by atoms with van der Waals surface area (Å²) in [4.78, 5) is 12.6. The average molecular weight is 262 g/mol. The first kappa shape index (κ1) is 15.7. The van der Waals surface area contributed by atoms with E-state index in [-0.39, 0.29) is 17.1 Å². The molecule has 1 unspecified atom stereocenters. The second kappa shape index (κ2) is 6.74. The third kappa shape index (κ3) is 4.38. The predicted molar refractivity (Wildman–Crippen MR) is 79.3 cm³/mol. The number of ketones is 1. The van der Waals surface area contributed by atoms with Crippen molar-refractivity contribution in [1.82, 2.24) is 0 Å². The number of hydrogen-bond donors (Lipinski definition) is 1. The molecule has 106 valence electrons. The van der Waals surface area contributed by atoms with Gasteiger partial charge in [0.2, 0.25) is 0 Å². The summed E-state index contributed by atoms with van der Waals surface area (Å²) in [7, 11) is 0. The van der Waals surface area contributed by atoms with Gasteiger partial charge in [-0.15, -0.1) is 0 Å². The smallest absolute Gasteiger partial charge is 0.141 e. The second-order valence-electron chi connectivity index (χ2n) is 5.97. The van der Waals surface area contributed by atoms with Gasteiger partial charge in [-0.1, -0.05) is 46.2 Å². The number of hydrogen-bond acceptors (Lipinski definition) is 2. The summed E-state index contributed by atoms with van der Waals surface area (Å²) in [5.41, 5.74) is 0.886. The number of phenolic OH excluding ortho intramolecular Hbond substituents is 1. The van der Waals surface area contributed by atoms with Crippen LogP contribution < -0.4 is 0 Å². The standard InChI is InChI=1S/C17H26O2/c1-5-11-17(3,4)16(19)14(6-2)12-13-7-9-15(18)10-8-13/h7-10,14,18H,5-6,11-12H2,1-4H3. The van der Waals surface area contributed by atoms with E-state index in [0.29, 0.717) is 5.78 Å². The maximum atomic E-state index is 12.6. The lowest BCUT2D eigenvalue weighted by Crippen LogP contribution is -2.31. The molecular weight excluding hydrogens is 236 g/mol. The van der Waals surface area contributed by atoms with E-state index in [0.717, 1.165) is 31.2 Å². The number of rotatable bonds is 7. The molecule has 19 heavy (non-hydrogen) atoms. The van der Waals surface area contributed by atoms with Crippen molar-refractivity contribution in [1.29, 1.82) is 0 Å². The van der Waals surface area contributed by atoms with Crippen LogP contribution in [0.1, 0.15) is 52.5 Å². The Bertz CT molecular complexity index is 404. The molecule has 0 aliphatic carbocycles. The van der Waals surface area contributed by atoms with Crippen LogP contribution in [0.2, 0.25) is 0 Å². The predicted octanol–water partition coefficient (Wildman–Crippen LogP) is 4.36. The van der Waals surface area contributed by atoms with E-state index in [9.17, 15) is 9.90 Å². The van der Waals surface area contributed by atoms with Gasteiger partial charge in [-0.2, -0.15) is 0 Å². The van der Waals surface area contributed by atoms with Crippen molar-refractivity contribution in [3.05, 3.63) is 29.8 Å². The lowest BCUT2D eigenvalue weighted by Gasteiger charge is -2.27. The molecule has 0 amide bonds. The highest BCUT2D eigenvalue weighted by molar-refractivity contribution is 5.86. The Morgan fingerprint density at radius 3 is 2.26 bits per heavy atom. The molecule has 0 saturated heterocycles. The molecule has 0 heterocycles. The maximum absolute atomic E-state index is 12.6. The van der Waals surface area contributed by atoms with Crippen LogP contribution in [0, 0.1) is 11.3 Å². The lowest BCUT2D eigenvalue weighted by molar-refractivity contribution is -0.131. The van der Waals surface area contributed by atoms with Crippen LogP contribution in [0.3, 0.4) is 0 Å². The first-order valence-electron chi connectivity index (χ1n) is 7.23. The summed E-state index contributed by atoms with van der Waals surface area (Å²) in [6, 6.07) is 7.17. The molecule has 0 bridgehead atoms. The van der Waals surface area contributed by atoms with Crippen LogP contribution in [-0.2, 0) is 11.2 Å². The normalized spacial score (nSPS) is 13.3. The van der Waals surface area contributed by atoms with Crippen molar-refractivity contribution in [2.24, 2.45) is 11.3 Å². The van der Waals surface area contributed by atoms with Crippen LogP contribution in [0.5, 0.6) is 5.75 Å². The Morgan fingerprint density at radius 2 is 1.79 bits per heavy atom. The highest BCUT2D eigenvalue weighted by Crippen LogP contribution is 2.30. The molecule has 1 aromatic rings. The Morgan fingerprint density at radius 1 is 1.21 bits per heavy atom. The van der Waals surface area contributed by atoms with Crippen molar-refractivity contribution in [3.63, 3.8) is 0 Å². The third-order valence-electron chi connectivity index (χ3n) is 3.82. The Labute approximate surface area is 116 Å². The molecule has 0 aliphatic rings. The topological polar surface area (TPSA) is 37.3 Å². The minimum Gasteiger partial charge on any atom is -0.508 e. The molecular formula is C17H26O2. The SMILES string of the molecule is CCCC(C)(C)C(=O)C(CC)Cc1ccc(O)cc1. The first-order valence-corrected chi connectivity index (χ1v) is 7.23. The fraction of sp³-hybridized carbons (Fsp3) is 0.588. The molecule has 2 nitrogen and oxygen atoms in total. The minimum atomic E-state index is -0.230. The molecule has 1 N–H and O–H groups in total. The van der Waals surface area contributed by atoms with E-state index in [4.69, 9.17) is 0 Å². The number of phenols is 1. The number of aromatic hydroxyl groups is 1. The van der Waals surface area contributed by atoms with E-state index in [1.807, 2.05) is 12.1 Å². The Kier molecular flexibility index (Phi) is 5.59. The van der Waals surface area contributed by atoms with Crippen molar-refractivity contribution in [2.45, 2.75) is 53.4 Å². The molecule has 1 rings (SSSR count). The highest BCUT2D eigenvalue weighted by Gasteiger charge is 2.31. The molecule has 0 radical (unpaired) electrons. The van der Waals surface area contributed by atoms with Gasteiger partial charge in [-0.3, -0.25) is 4.79 Å². The molecule has 0 saturated carbocycles. The van der Waals surface area contributed by atoms with Gasteiger partial charge in [-0.05, 0) is 37.0 Å². The van der Waals surface area contributed by atoms with Crippen molar-refractivity contribution >= 4 is 5.78 Å². The number of carbonyl (C=O) groups excluding carboxylic acids is 1. The summed E-state index contributed by atoms with van der Waals surface area (Å²) in [6.45, 7) is 8.30. The largest absolute Gasteiger partial charge is 0.508 e. The van der Waals surface area contributed by atoms with Gasteiger partial charge in [0.15, 0.2) is 0 Å². The van der Waals surface area contributed by atoms with Crippen molar-refractivity contribution in [3.8, 4) is 5.75 Å². The van der Waals surface area contributed by atoms with E-state index in [1.165, 1.54) is 0 Å². The fourth-order valence-corrected chi connectivity index (χ4v) is 2.64. The van der Waals surface area contributed by atoms with Crippen LogP contribution in [0.4, 0.5) is 0 Å². The first-order chi connectivity index (χ1) is 8.90. The zero-order valence-electron chi connectivity index (χ0n) is 12.6. The molecule has 1 atom stereocenters. The Balaban J connectivity index is 2.78. The lowest BCUT2D eigenvalue weighted by atomic mass is 9.75. The van der Waals surface area contributed by atoms with E-state index < -0.39 is 0 Å². The van der Waals surface area contributed by atoms with Crippen LogP contribution >= 0.6 is 0 Å². The minimum absolute atomic E-state index is 0.0751. The Hall–Kier alpha value is -1.31. The third-order valence-corrected chi connectivity index (χ3v) is 3.82. The van der Waals surface area contributed by atoms with E-state index in [2.05, 4.69) is 27.7 Å². The fourth-order valence-electron chi connectivity index (χ4n) is 2.64. The van der Waals surface area contributed by atoms with Crippen LogP contribution in [0.25, 0.3) is 0 Å². The summed E-state index contributed by atoms with van der Waals surface area (Å²) in [5, 5.41) is 9.29. The highest BCUT2D eigenvalue weighted by atomic mass is 16.3. The summed E-state index contributed by atoms with van der Waals surface area (Å²) in [5.74, 6) is 0.713. The van der Waals surface area contributed by atoms with Gasteiger partial charge in [-0.25, -0.2) is 0 Å². The van der Waals surface area contributed by atoms with Gasteiger partial charge < -0.3 is 5.11 Å². The quantitative estimate of drug-likeness (QED) is 0.793. The average Bonchev–Trinajstić information content (AvgIpc) is 2.37. The van der Waals surface area contributed by atoms with Gasteiger partial charge in [0.05, 0.1) is 0 Å². The van der Waals surface area contributed by atoms with Crippen molar-refractivity contribution < 1.29 is 9.90 Å². The van der Waals surface area contributed by atoms with Gasteiger partial charge in [0.25, 0.3) is 0 Å². The van der Waals surface area contributed by atoms with E-state index in [1.54, 1.807) is 12.1 Å². The van der Waals surface area contributed by atoms with Crippen LogP contribution in [-0.4, -0.2) is 10.9 Å². The number of carbonyl (C=O) groups is 1. The summed E-state index contributed by atoms with van der Waals surface area (Å²) in [6.07, 6.45) is 3.61. The maximum Gasteiger partial charge on any atom is 0.141 e. The van der Waals surface area contributed by atoms with Crippen LogP contribution in [0.15, 0.2) is 24.3 Å². The zero-order chi connectivity index (χ0) is 14.5.